The molecule has 0 bridgehead atoms. The lowest BCUT2D eigenvalue weighted by Gasteiger charge is -2.34. The number of amides is 1. The third kappa shape index (κ3) is 3.66. The monoisotopic (exact) mass is 241 g/mol. The van der Waals surface area contributed by atoms with Crippen molar-refractivity contribution in [2.45, 2.75) is 12.8 Å². The van der Waals surface area contributed by atoms with Gasteiger partial charge < -0.3 is 15.4 Å². The standard InChI is InChI=1S/C12H23N3O2/c13-8-11-2-1-3-14(9-11)10-12(16)15-4-6-17-7-5-15/h11H,1-10,13H2/t11-/m1/s1. The zero-order valence-electron chi connectivity index (χ0n) is 10.4. The molecule has 1 amide bonds. The summed E-state index contributed by atoms with van der Waals surface area (Å²) in [5, 5.41) is 0. The predicted molar refractivity (Wildman–Crippen MR) is 65.6 cm³/mol. The third-order valence-corrected chi connectivity index (χ3v) is 3.66. The van der Waals surface area contributed by atoms with E-state index in [4.69, 9.17) is 10.5 Å². The molecule has 2 N–H and O–H groups in total. The van der Waals surface area contributed by atoms with Crippen molar-refractivity contribution in [3.8, 4) is 0 Å². The quantitative estimate of drug-likeness (QED) is 0.725. The molecule has 5 heteroatoms. The first-order chi connectivity index (χ1) is 8.29. The highest BCUT2D eigenvalue weighted by atomic mass is 16.5. The molecule has 0 radical (unpaired) electrons. The Kier molecular flexibility index (Phi) is 4.76. The Morgan fingerprint density at radius 1 is 1.29 bits per heavy atom. The van der Waals surface area contributed by atoms with Crippen molar-refractivity contribution in [1.29, 1.82) is 0 Å². The fourth-order valence-corrected chi connectivity index (χ4v) is 2.59. The summed E-state index contributed by atoms with van der Waals surface area (Å²) >= 11 is 0. The molecular formula is C12H23N3O2. The van der Waals surface area contributed by atoms with Crippen molar-refractivity contribution >= 4 is 5.91 Å². The van der Waals surface area contributed by atoms with Gasteiger partial charge in [-0.1, -0.05) is 0 Å². The van der Waals surface area contributed by atoms with Crippen LogP contribution in [0.25, 0.3) is 0 Å². The fraction of sp³-hybridized carbons (Fsp3) is 0.917. The van der Waals surface area contributed by atoms with E-state index in [1.807, 2.05) is 4.90 Å². The SMILES string of the molecule is NC[C@H]1CCCN(CC(=O)N2CCOCC2)C1. The average Bonchev–Trinajstić information content (AvgIpc) is 2.40. The lowest BCUT2D eigenvalue weighted by molar-refractivity contribution is -0.136. The number of likely N-dealkylation sites (tertiary alicyclic amines) is 1. The minimum Gasteiger partial charge on any atom is -0.378 e. The van der Waals surface area contributed by atoms with Gasteiger partial charge in [-0.25, -0.2) is 0 Å². The number of nitrogens with zero attached hydrogens (tertiary/aromatic N) is 2. The Bertz CT molecular complexity index is 254. The van der Waals surface area contributed by atoms with E-state index < -0.39 is 0 Å². The second-order valence-electron chi connectivity index (χ2n) is 4.97. The highest BCUT2D eigenvalue weighted by molar-refractivity contribution is 5.78. The van der Waals surface area contributed by atoms with Crippen LogP contribution in [-0.2, 0) is 9.53 Å². The molecule has 0 aliphatic carbocycles. The number of carbonyl (C=O) groups excluding carboxylic acids is 1. The highest BCUT2D eigenvalue weighted by Crippen LogP contribution is 2.15. The summed E-state index contributed by atoms with van der Waals surface area (Å²) in [5.74, 6) is 0.812. The average molecular weight is 241 g/mol. The van der Waals surface area contributed by atoms with E-state index in [1.54, 1.807) is 0 Å². The molecular weight excluding hydrogens is 218 g/mol. The molecule has 2 fully saturated rings. The van der Waals surface area contributed by atoms with E-state index in [0.29, 0.717) is 25.7 Å². The molecule has 2 aliphatic rings. The molecule has 2 rings (SSSR count). The van der Waals surface area contributed by atoms with Crippen molar-refractivity contribution in [3.05, 3.63) is 0 Å². The molecule has 98 valence electrons. The van der Waals surface area contributed by atoms with Crippen molar-refractivity contribution in [2.75, 3.05) is 52.5 Å². The van der Waals surface area contributed by atoms with Crippen LogP contribution in [0.15, 0.2) is 0 Å². The van der Waals surface area contributed by atoms with Crippen LogP contribution in [0.1, 0.15) is 12.8 Å². The summed E-state index contributed by atoms with van der Waals surface area (Å²) in [6, 6.07) is 0. The molecule has 0 aromatic heterocycles. The maximum Gasteiger partial charge on any atom is 0.236 e. The number of piperidine rings is 1. The van der Waals surface area contributed by atoms with Crippen molar-refractivity contribution in [1.82, 2.24) is 9.80 Å². The van der Waals surface area contributed by atoms with Crippen molar-refractivity contribution < 1.29 is 9.53 Å². The minimum atomic E-state index is 0.242. The van der Waals surface area contributed by atoms with Gasteiger partial charge in [-0.05, 0) is 31.8 Å². The molecule has 0 aromatic carbocycles. The van der Waals surface area contributed by atoms with Gasteiger partial charge in [-0.3, -0.25) is 9.69 Å². The van der Waals surface area contributed by atoms with E-state index in [0.717, 1.165) is 39.1 Å². The van der Waals surface area contributed by atoms with Crippen LogP contribution in [0.2, 0.25) is 0 Å². The molecule has 0 spiro atoms. The van der Waals surface area contributed by atoms with Gasteiger partial charge in [-0.15, -0.1) is 0 Å². The van der Waals surface area contributed by atoms with E-state index in [2.05, 4.69) is 4.90 Å². The zero-order valence-corrected chi connectivity index (χ0v) is 10.4. The summed E-state index contributed by atoms with van der Waals surface area (Å²) in [6.07, 6.45) is 2.37. The second kappa shape index (κ2) is 6.33. The Morgan fingerprint density at radius 2 is 2.06 bits per heavy atom. The number of ether oxygens (including phenoxy) is 1. The minimum absolute atomic E-state index is 0.242. The number of nitrogens with two attached hydrogens (primary N) is 1. The first kappa shape index (κ1) is 12.8. The number of hydrogen-bond acceptors (Lipinski definition) is 4. The van der Waals surface area contributed by atoms with Gasteiger partial charge in [0.1, 0.15) is 0 Å². The molecule has 2 heterocycles. The predicted octanol–water partition coefficient (Wildman–Crippen LogP) is -0.484. The van der Waals surface area contributed by atoms with Crippen LogP contribution in [0, 0.1) is 5.92 Å². The van der Waals surface area contributed by atoms with Crippen LogP contribution in [0.5, 0.6) is 0 Å². The molecule has 1 atom stereocenters. The number of rotatable bonds is 3. The topological polar surface area (TPSA) is 58.8 Å². The first-order valence-corrected chi connectivity index (χ1v) is 6.57. The summed E-state index contributed by atoms with van der Waals surface area (Å²) < 4.78 is 5.25. The lowest BCUT2D eigenvalue weighted by Crippen LogP contribution is -2.48. The highest BCUT2D eigenvalue weighted by Gasteiger charge is 2.23. The molecule has 0 saturated carbocycles. The van der Waals surface area contributed by atoms with Gasteiger partial charge in [0.15, 0.2) is 0 Å². The van der Waals surface area contributed by atoms with Gasteiger partial charge >= 0.3 is 0 Å². The maximum absolute atomic E-state index is 12.1. The Labute approximate surface area is 103 Å². The Balaban J connectivity index is 1.77. The van der Waals surface area contributed by atoms with E-state index in [9.17, 15) is 4.79 Å². The smallest absolute Gasteiger partial charge is 0.236 e. The molecule has 5 nitrogen and oxygen atoms in total. The van der Waals surface area contributed by atoms with Gasteiger partial charge in [0, 0.05) is 19.6 Å². The largest absolute Gasteiger partial charge is 0.378 e. The number of morpholine rings is 1. The summed E-state index contributed by atoms with van der Waals surface area (Å²) in [4.78, 5) is 16.2. The van der Waals surface area contributed by atoms with Crippen LogP contribution in [-0.4, -0.2) is 68.2 Å². The number of carbonyl (C=O) groups is 1. The number of hydrogen-bond donors (Lipinski definition) is 1. The third-order valence-electron chi connectivity index (χ3n) is 3.66. The molecule has 17 heavy (non-hydrogen) atoms. The van der Waals surface area contributed by atoms with Crippen molar-refractivity contribution in [3.63, 3.8) is 0 Å². The summed E-state index contributed by atoms with van der Waals surface area (Å²) in [6.45, 7) is 6.15. The van der Waals surface area contributed by atoms with Crippen molar-refractivity contribution in [2.24, 2.45) is 11.7 Å². The van der Waals surface area contributed by atoms with Crippen LogP contribution in [0.3, 0.4) is 0 Å². The van der Waals surface area contributed by atoms with E-state index in [-0.39, 0.29) is 5.91 Å². The van der Waals surface area contributed by atoms with Crippen LogP contribution in [0.4, 0.5) is 0 Å². The Hall–Kier alpha value is -0.650. The van der Waals surface area contributed by atoms with Gasteiger partial charge in [0.2, 0.25) is 5.91 Å². The lowest BCUT2D eigenvalue weighted by atomic mass is 9.98. The molecule has 0 aromatic rings. The molecule has 2 saturated heterocycles. The second-order valence-corrected chi connectivity index (χ2v) is 4.97. The summed E-state index contributed by atoms with van der Waals surface area (Å²) in [5.41, 5.74) is 5.70. The normalized spacial score (nSPS) is 27.1. The first-order valence-electron chi connectivity index (χ1n) is 6.57. The van der Waals surface area contributed by atoms with E-state index in [1.165, 1.54) is 6.42 Å². The van der Waals surface area contributed by atoms with E-state index >= 15 is 0 Å². The zero-order chi connectivity index (χ0) is 12.1. The van der Waals surface area contributed by atoms with Gasteiger partial charge in [0.25, 0.3) is 0 Å². The van der Waals surface area contributed by atoms with Gasteiger partial charge in [0.05, 0.1) is 19.8 Å². The van der Waals surface area contributed by atoms with Gasteiger partial charge in [-0.2, -0.15) is 0 Å². The summed E-state index contributed by atoms with van der Waals surface area (Å²) in [7, 11) is 0. The van der Waals surface area contributed by atoms with Crippen LogP contribution < -0.4 is 5.73 Å². The molecule has 0 unspecified atom stereocenters. The molecule has 2 aliphatic heterocycles. The maximum atomic E-state index is 12.1. The van der Waals surface area contributed by atoms with Crippen LogP contribution >= 0.6 is 0 Å². The fourth-order valence-electron chi connectivity index (χ4n) is 2.59. The Morgan fingerprint density at radius 3 is 2.76 bits per heavy atom.